The second-order valence-corrected chi connectivity index (χ2v) is 5.69. The fourth-order valence-electron chi connectivity index (χ4n) is 1.48. The molecule has 0 aromatic heterocycles. The molecular weight excluding hydrogens is 188 g/mol. The number of nitrogens with zero attached hydrogens (tertiary/aromatic N) is 1. The highest BCUT2D eigenvalue weighted by molar-refractivity contribution is 5.75. The van der Waals surface area contributed by atoms with Gasteiger partial charge in [-0.1, -0.05) is 27.7 Å². The monoisotopic (exact) mass is 214 g/mol. The number of carbonyl (C=O) groups is 1. The maximum atomic E-state index is 11.7. The van der Waals surface area contributed by atoms with E-state index >= 15 is 0 Å². The molecule has 1 amide bonds. The summed E-state index contributed by atoms with van der Waals surface area (Å²) in [5.74, 6) is 0.669. The summed E-state index contributed by atoms with van der Waals surface area (Å²) in [4.78, 5) is 13.5. The van der Waals surface area contributed by atoms with E-state index in [4.69, 9.17) is 5.73 Å². The molecule has 0 aliphatic heterocycles. The summed E-state index contributed by atoms with van der Waals surface area (Å²) < 4.78 is 0. The number of amides is 1. The third-order valence-electron chi connectivity index (χ3n) is 2.39. The van der Waals surface area contributed by atoms with Crippen LogP contribution < -0.4 is 5.73 Å². The van der Waals surface area contributed by atoms with E-state index in [9.17, 15) is 4.79 Å². The first-order valence-electron chi connectivity index (χ1n) is 5.70. The Bertz CT molecular complexity index is 196. The van der Waals surface area contributed by atoms with Gasteiger partial charge in [0.25, 0.3) is 0 Å². The van der Waals surface area contributed by atoms with Crippen LogP contribution in [-0.4, -0.2) is 30.9 Å². The first-order chi connectivity index (χ1) is 6.76. The molecule has 90 valence electrons. The predicted octanol–water partition coefficient (Wildman–Crippen LogP) is 1.87. The van der Waals surface area contributed by atoms with Crippen LogP contribution in [0.3, 0.4) is 0 Å². The van der Waals surface area contributed by atoms with Gasteiger partial charge in [0.1, 0.15) is 0 Å². The number of hydrogen-bond donors (Lipinski definition) is 1. The van der Waals surface area contributed by atoms with Crippen molar-refractivity contribution in [3.05, 3.63) is 0 Å². The summed E-state index contributed by atoms with van der Waals surface area (Å²) in [6, 6.07) is 0. The Morgan fingerprint density at radius 3 is 2.33 bits per heavy atom. The molecule has 0 aliphatic rings. The molecule has 0 heterocycles. The van der Waals surface area contributed by atoms with Crippen LogP contribution in [0.25, 0.3) is 0 Å². The van der Waals surface area contributed by atoms with Crippen LogP contribution in [0.1, 0.15) is 40.5 Å². The Kier molecular flexibility index (Phi) is 5.88. The molecule has 0 radical (unpaired) electrons. The molecule has 0 aromatic rings. The van der Waals surface area contributed by atoms with E-state index in [0.29, 0.717) is 18.9 Å². The Hall–Kier alpha value is -0.570. The topological polar surface area (TPSA) is 46.3 Å². The van der Waals surface area contributed by atoms with Gasteiger partial charge in [-0.3, -0.25) is 4.79 Å². The van der Waals surface area contributed by atoms with Gasteiger partial charge in [0.05, 0.1) is 0 Å². The number of nitrogens with two attached hydrogens (primary N) is 1. The molecular formula is C12H26N2O. The maximum absolute atomic E-state index is 11.7. The van der Waals surface area contributed by atoms with Crippen LogP contribution >= 0.6 is 0 Å². The van der Waals surface area contributed by atoms with Crippen molar-refractivity contribution in [1.29, 1.82) is 0 Å². The molecule has 0 bridgehead atoms. The van der Waals surface area contributed by atoms with Crippen molar-refractivity contribution in [2.75, 3.05) is 20.1 Å². The third kappa shape index (κ3) is 7.37. The quantitative estimate of drug-likeness (QED) is 0.759. The normalized spacial score (nSPS) is 13.7. The van der Waals surface area contributed by atoms with Gasteiger partial charge >= 0.3 is 0 Å². The highest BCUT2D eigenvalue weighted by Gasteiger charge is 2.17. The van der Waals surface area contributed by atoms with Gasteiger partial charge in [0.2, 0.25) is 5.91 Å². The smallest absolute Gasteiger partial charge is 0.222 e. The van der Waals surface area contributed by atoms with Gasteiger partial charge < -0.3 is 10.6 Å². The van der Waals surface area contributed by atoms with E-state index in [1.54, 1.807) is 0 Å². The lowest BCUT2D eigenvalue weighted by atomic mass is 9.96. The van der Waals surface area contributed by atoms with Crippen molar-refractivity contribution in [1.82, 2.24) is 4.90 Å². The Morgan fingerprint density at radius 2 is 1.93 bits per heavy atom. The Balaban J connectivity index is 3.90. The lowest BCUT2D eigenvalue weighted by molar-refractivity contribution is -0.131. The molecule has 1 unspecified atom stereocenters. The van der Waals surface area contributed by atoms with Crippen LogP contribution in [0, 0.1) is 11.3 Å². The predicted molar refractivity (Wildman–Crippen MR) is 64.5 cm³/mol. The summed E-state index contributed by atoms with van der Waals surface area (Å²) in [5.41, 5.74) is 5.68. The van der Waals surface area contributed by atoms with Crippen LogP contribution in [0.4, 0.5) is 0 Å². The van der Waals surface area contributed by atoms with Crippen molar-refractivity contribution < 1.29 is 4.79 Å². The Labute approximate surface area is 94.0 Å². The van der Waals surface area contributed by atoms with Crippen LogP contribution in [0.5, 0.6) is 0 Å². The summed E-state index contributed by atoms with van der Waals surface area (Å²) in [7, 11) is 1.88. The first kappa shape index (κ1) is 14.4. The lowest BCUT2D eigenvalue weighted by Crippen LogP contribution is -2.34. The lowest BCUT2D eigenvalue weighted by Gasteiger charge is -2.27. The van der Waals surface area contributed by atoms with Crippen molar-refractivity contribution in [2.45, 2.75) is 40.5 Å². The van der Waals surface area contributed by atoms with E-state index in [2.05, 4.69) is 27.7 Å². The minimum atomic E-state index is 0.171. The van der Waals surface area contributed by atoms with Crippen LogP contribution in [0.2, 0.25) is 0 Å². The molecule has 0 aliphatic carbocycles. The number of carbonyl (C=O) groups excluding carboxylic acids is 1. The molecule has 0 saturated carbocycles. The van der Waals surface area contributed by atoms with Crippen LogP contribution in [0.15, 0.2) is 0 Å². The van der Waals surface area contributed by atoms with Gasteiger partial charge in [0.15, 0.2) is 0 Å². The standard InChI is InChI=1S/C12H26N2O/c1-10(8-13)6-7-11(15)14(5)9-12(2,3)4/h10H,6-9,13H2,1-5H3. The second-order valence-electron chi connectivity index (χ2n) is 5.69. The van der Waals surface area contributed by atoms with Gasteiger partial charge in [0, 0.05) is 20.0 Å². The van der Waals surface area contributed by atoms with Gasteiger partial charge in [-0.2, -0.15) is 0 Å². The summed E-state index contributed by atoms with van der Waals surface area (Å²) in [5, 5.41) is 0. The average Bonchev–Trinajstić information content (AvgIpc) is 2.10. The molecule has 2 N–H and O–H groups in total. The average molecular weight is 214 g/mol. The molecule has 0 spiro atoms. The molecule has 0 rings (SSSR count). The number of hydrogen-bond acceptors (Lipinski definition) is 2. The molecule has 15 heavy (non-hydrogen) atoms. The van der Waals surface area contributed by atoms with E-state index in [1.165, 1.54) is 0 Å². The van der Waals surface area contributed by atoms with E-state index in [-0.39, 0.29) is 11.3 Å². The molecule has 1 atom stereocenters. The zero-order chi connectivity index (χ0) is 12.1. The molecule has 3 nitrogen and oxygen atoms in total. The molecule has 0 aromatic carbocycles. The SMILES string of the molecule is CC(CN)CCC(=O)N(C)CC(C)(C)C. The maximum Gasteiger partial charge on any atom is 0.222 e. The summed E-state index contributed by atoms with van der Waals surface area (Å²) in [6.07, 6.45) is 1.51. The van der Waals surface area contributed by atoms with E-state index in [1.807, 2.05) is 11.9 Å². The highest BCUT2D eigenvalue weighted by Crippen LogP contribution is 2.15. The van der Waals surface area contributed by atoms with Crippen molar-refractivity contribution in [2.24, 2.45) is 17.1 Å². The van der Waals surface area contributed by atoms with Crippen LogP contribution in [-0.2, 0) is 4.79 Å². The molecule has 0 saturated heterocycles. The van der Waals surface area contributed by atoms with Gasteiger partial charge in [-0.15, -0.1) is 0 Å². The van der Waals surface area contributed by atoms with Gasteiger partial charge in [-0.25, -0.2) is 0 Å². The minimum Gasteiger partial charge on any atom is -0.345 e. The zero-order valence-corrected chi connectivity index (χ0v) is 10.8. The van der Waals surface area contributed by atoms with Crippen molar-refractivity contribution in [3.8, 4) is 0 Å². The fourth-order valence-corrected chi connectivity index (χ4v) is 1.48. The summed E-state index contributed by atoms with van der Waals surface area (Å²) in [6.45, 7) is 9.97. The Morgan fingerprint density at radius 1 is 1.40 bits per heavy atom. The fraction of sp³-hybridized carbons (Fsp3) is 0.917. The van der Waals surface area contributed by atoms with Crippen molar-refractivity contribution in [3.63, 3.8) is 0 Å². The van der Waals surface area contributed by atoms with E-state index in [0.717, 1.165) is 13.0 Å². The molecule has 3 heteroatoms. The first-order valence-corrected chi connectivity index (χ1v) is 5.70. The third-order valence-corrected chi connectivity index (χ3v) is 2.39. The molecule has 0 fully saturated rings. The van der Waals surface area contributed by atoms with E-state index < -0.39 is 0 Å². The van der Waals surface area contributed by atoms with Crippen molar-refractivity contribution >= 4 is 5.91 Å². The number of rotatable bonds is 5. The largest absolute Gasteiger partial charge is 0.345 e. The summed E-state index contributed by atoms with van der Waals surface area (Å²) >= 11 is 0. The zero-order valence-electron chi connectivity index (χ0n) is 10.8. The highest BCUT2D eigenvalue weighted by atomic mass is 16.2. The minimum absolute atomic E-state index is 0.171. The second kappa shape index (κ2) is 6.11. The van der Waals surface area contributed by atoms with Gasteiger partial charge in [-0.05, 0) is 24.3 Å².